The standard InChI is InChI=1S/C24H27ClN4O3S/c1-16-19-14-21(33-24(19)29(26-16)15-18-4-2-3-5-20(18)25)23(31)27-8-6-17(7-9-27)22(30)28-10-12-32-13-11-28/h2-5,14,17H,6-13,15H2,1H3. The second-order valence-corrected chi connectivity index (χ2v) is 10.1. The highest BCUT2D eigenvalue weighted by Gasteiger charge is 2.32. The molecule has 0 radical (unpaired) electrons. The van der Waals surface area contributed by atoms with Crippen molar-refractivity contribution in [2.24, 2.45) is 5.92 Å². The van der Waals surface area contributed by atoms with Gasteiger partial charge in [-0.05, 0) is 37.5 Å². The van der Waals surface area contributed by atoms with Gasteiger partial charge in [0.05, 0.1) is 30.3 Å². The molecule has 4 heterocycles. The zero-order valence-corrected chi connectivity index (χ0v) is 20.2. The Hall–Kier alpha value is -2.42. The van der Waals surface area contributed by atoms with E-state index in [1.54, 1.807) is 0 Å². The third kappa shape index (κ3) is 4.52. The average Bonchev–Trinajstić information content (AvgIpc) is 3.41. The van der Waals surface area contributed by atoms with E-state index in [1.807, 2.05) is 51.7 Å². The van der Waals surface area contributed by atoms with E-state index in [0.717, 1.165) is 26.4 Å². The van der Waals surface area contributed by atoms with Gasteiger partial charge in [-0.25, -0.2) is 0 Å². The van der Waals surface area contributed by atoms with Crippen molar-refractivity contribution in [3.05, 3.63) is 51.5 Å². The Morgan fingerprint density at radius 2 is 1.85 bits per heavy atom. The summed E-state index contributed by atoms with van der Waals surface area (Å²) in [4.78, 5) is 31.5. The number of hydrogen-bond donors (Lipinski definition) is 0. The zero-order chi connectivity index (χ0) is 22.9. The topological polar surface area (TPSA) is 67.7 Å². The molecule has 2 fully saturated rings. The van der Waals surface area contributed by atoms with Gasteiger partial charge in [-0.3, -0.25) is 14.3 Å². The number of aryl methyl sites for hydroxylation is 1. The molecule has 0 spiro atoms. The van der Waals surface area contributed by atoms with E-state index in [0.29, 0.717) is 63.8 Å². The minimum Gasteiger partial charge on any atom is -0.378 e. The summed E-state index contributed by atoms with van der Waals surface area (Å²) in [5.74, 6) is 0.251. The van der Waals surface area contributed by atoms with E-state index in [-0.39, 0.29) is 17.7 Å². The monoisotopic (exact) mass is 486 g/mol. The fraction of sp³-hybridized carbons (Fsp3) is 0.458. The van der Waals surface area contributed by atoms with Crippen molar-refractivity contribution >= 4 is 45.0 Å². The van der Waals surface area contributed by atoms with Gasteiger partial charge < -0.3 is 14.5 Å². The van der Waals surface area contributed by atoms with E-state index >= 15 is 0 Å². The van der Waals surface area contributed by atoms with Gasteiger partial charge in [-0.1, -0.05) is 29.8 Å². The van der Waals surface area contributed by atoms with Crippen LogP contribution in [0.4, 0.5) is 0 Å². The lowest BCUT2D eigenvalue weighted by molar-refractivity contribution is -0.141. The SMILES string of the molecule is Cc1nn(Cc2ccccc2Cl)c2sc(C(=O)N3CCC(C(=O)N4CCOCC4)CC3)cc12. The highest BCUT2D eigenvalue weighted by molar-refractivity contribution is 7.20. The number of ether oxygens (including phenoxy) is 1. The maximum atomic E-state index is 13.3. The Morgan fingerprint density at radius 1 is 1.12 bits per heavy atom. The second kappa shape index (κ2) is 9.44. The lowest BCUT2D eigenvalue weighted by Crippen LogP contribution is -2.47. The molecular weight excluding hydrogens is 460 g/mol. The number of likely N-dealkylation sites (tertiary alicyclic amines) is 1. The molecule has 1 aromatic carbocycles. The van der Waals surface area contributed by atoms with E-state index in [2.05, 4.69) is 5.10 Å². The Balaban J connectivity index is 1.27. The second-order valence-electron chi connectivity index (χ2n) is 8.67. The summed E-state index contributed by atoms with van der Waals surface area (Å²) >= 11 is 7.82. The van der Waals surface area contributed by atoms with Crippen molar-refractivity contribution in [3.8, 4) is 0 Å². The molecule has 174 valence electrons. The van der Waals surface area contributed by atoms with Gasteiger partial charge in [0.2, 0.25) is 5.91 Å². The molecule has 0 aliphatic carbocycles. The molecule has 0 bridgehead atoms. The molecule has 0 unspecified atom stereocenters. The van der Waals surface area contributed by atoms with Crippen LogP contribution in [-0.4, -0.2) is 70.8 Å². The van der Waals surface area contributed by atoms with Gasteiger partial charge in [-0.2, -0.15) is 5.10 Å². The molecule has 3 aromatic rings. The average molecular weight is 487 g/mol. The van der Waals surface area contributed by atoms with Crippen LogP contribution in [0.1, 0.15) is 33.8 Å². The van der Waals surface area contributed by atoms with Crippen LogP contribution < -0.4 is 0 Å². The van der Waals surface area contributed by atoms with Crippen molar-refractivity contribution in [3.63, 3.8) is 0 Å². The van der Waals surface area contributed by atoms with E-state index < -0.39 is 0 Å². The molecule has 33 heavy (non-hydrogen) atoms. The minimum absolute atomic E-state index is 0.000909. The predicted octanol–water partition coefficient (Wildman–Crippen LogP) is 3.82. The van der Waals surface area contributed by atoms with Gasteiger partial charge in [0, 0.05) is 42.5 Å². The fourth-order valence-corrected chi connectivity index (χ4v) is 5.96. The lowest BCUT2D eigenvalue weighted by Gasteiger charge is -2.35. The molecule has 2 aliphatic rings. The van der Waals surface area contributed by atoms with Gasteiger partial charge in [0.15, 0.2) is 0 Å². The van der Waals surface area contributed by atoms with Gasteiger partial charge in [-0.15, -0.1) is 11.3 Å². The number of amides is 2. The van der Waals surface area contributed by atoms with Crippen LogP contribution in [0.15, 0.2) is 30.3 Å². The smallest absolute Gasteiger partial charge is 0.264 e. The van der Waals surface area contributed by atoms with E-state index in [1.165, 1.54) is 11.3 Å². The summed E-state index contributed by atoms with van der Waals surface area (Å²) in [7, 11) is 0. The third-order valence-corrected chi connectivity index (χ3v) is 8.06. The molecule has 5 rings (SSSR count). The molecule has 0 N–H and O–H groups in total. The van der Waals surface area contributed by atoms with Crippen LogP contribution in [0.25, 0.3) is 10.2 Å². The summed E-state index contributed by atoms with van der Waals surface area (Å²) in [5.41, 5.74) is 1.90. The fourth-order valence-electron chi connectivity index (χ4n) is 4.64. The molecule has 2 amide bonds. The first-order valence-corrected chi connectivity index (χ1v) is 12.6. The minimum atomic E-state index is 0.000909. The third-order valence-electron chi connectivity index (χ3n) is 6.55. The summed E-state index contributed by atoms with van der Waals surface area (Å²) in [6, 6.07) is 9.70. The van der Waals surface area contributed by atoms with Crippen molar-refractivity contribution in [1.82, 2.24) is 19.6 Å². The van der Waals surface area contributed by atoms with Crippen LogP contribution in [0.2, 0.25) is 5.02 Å². The maximum absolute atomic E-state index is 13.3. The number of rotatable bonds is 4. The first kappa shape index (κ1) is 22.4. The molecule has 9 heteroatoms. The molecule has 0 saturated carbocycles. The number of carbonyl (C=O) groups excluding carboxylic acids is 2. The Labute approximate surface area is 201 Å². The van der Waals surface area contributed by atoms with E-state index in [4.69, 9.17) is 16.3 Å². The summed E-state index contributed by atoms with van der Waals surface area (Å²) in [6.07, 6.45) is 1.43. The van der Waals surface area contributed by atoms with Crippen LogP contribution in [0, 0.1) is 12.8 Å². The number of aromatic nitrogens is 2. The number of nitrogens with zero attached hydrogens (tertiary/aromatic N) is 4. The Bertz CT molecular complexity index is 1180. The summed E-state index contributed by atoms with van der Waals surface area (Å²) in [5, 5.41) is 6.38. The number of piperidine rings is 1. The number of carbonyl (C=O) groups is 2. The van der Waals surface area contributed by atoms with Gasteiger partial charge in [0.1, 0.15) is 4.83 Å². The number of benzene rings is 1. The molecule has 2 aliphatic heterocycles. The molecule has 0 atom stereocenters. The summed E-state index contributed by atoms with van der Waals surface area (Å²) < 4.78 is 7.28. The maximum Gasteiger partial charge on any atom is 0.264 e. The number of thiophene rings is 1. The van der Waals surface area contributed by atoms with Crippen LogP contribution in [0.3, 0.4) is 0 Å². The number of halogens is 1. The molecule has 7 nitrogen and oxygen atoms in total. The first-order chi connectivity index (χ1) is 16.0. The van der Waals surface area contributed by atoms with E-state index in [9.17, 15) is 9.59 Å². The predicted molar refractivity (Wildman–Crippen MR) is 129 cm³/mol. The van der Waals surface area contributed by atoms with Gasteiger partial charge in [0.25, 0.3) is 5.91 Å². The van der Waals surface area contributed by atoms with Gasteiger partial charge >= 0.3 is 0 Å². The molecule has 2 saturated heterocycles. The van der Waals surface area contributed by atoms with Crippen LogP contribution in [-0.2, 0) is 16.1 Å². The van der Waals surface area contributed by atoms with Crippen LogP contribution >= 0.6 is 22.9 Å². The first-order valence-electron chi connectivity index (χ1n) is 11.4. The Morgan fingerprint density at radius 3 is 2.58 bits per heavy atom. The highest BCUT2D eigenvalue weighted by Crippen LogP contribution is 2.31. The van der Waals surface area contributed by atoms with Crippen molar-refractivity contribution in [1.29, 1.82) is 0 Å². The normalized spacial score (nSPS) is 17.6. The highest BCUT2D eigenvalue weighted by atomic mass is 35.5. The largest absolute Gasteiger partial charge is 0.378 e. The molecule has 2 aromatic heterocycles. The zero-order valence-electron chi connectivity index (χ0n) is 18.6. The quantitative estimate of drug-likeness (QED) is 0.562. The summed E-state index contributed by atoms with van der Waals surface area (Å²) in [6.45, 7) is 6.32. The number of hydrogen-bond acceptors (Lipinski definition) is 5. The number of fused-ring (bicyclic) bond motifs is 1. The van der Waals surface area contributed by atoms with Crippen molar-refractivity contribution < 1.29 is 14.3 Å². The van der Waals surface area contributed by atoms with Crippen LogP contribution in [0.5, 0.6) is 0 Å². The number of morpholine rings is 1. The van der Waals surface area contributed by atoms with Crippen molar-refractivity contribution in [2.45, 2.75) is 26.3 Å². The Kier molecular flexibility index (Phi) is 6.40. The van der Waals surface area contributed by atoms with Crippen molar-refractivity contribution in [2.75, 3.05) is 39.4 Å². The molecular formula is C24H27ClN4O3S. The lowest BCUT2D eigenvalue weighted by atomic mass is 9.95.